The molecule has 0 amide bonds. The predicted octanol–water partition coefficient (Wildman–Crippen LogP) is 3.97. The molecule has 2 aromatic heterocycles. The topological polar surface area (TPSA) is 49.6 Å². The zero-order chi connectivity index (χ0) is 15.5. The zero-order valence-electron chi connectivity index (χ0n) is 11.0. The third-order valence-corrected chi connectivity index (χ3v) is 3.68. The van der Waals surface area contributed by atoms with Crippen molar-refractivity contribution in [3.8, 4) is 6.07 Å². The van der Waals surface area contributed by atoms with E-state index in [2.05, 4.69) is 9.97 Å². The maximum Gasteiger partial charge on any atom is 0.417 e. The number of nitriles is 1. The minimum atomic E-state index is -4.57. The molecule has 0 aliphatic heterocycles. The molecule has 0 fully saturated rings. The number of hydrogen-bond donors (Lipinski definition) is 0. The minimum absolute atomic E-state index is 0.0914. The molecule has 21 heavy (non-hydrogen) atoms. The van der Waals surface area contributed by atoms with Crippen molar-refractivity contribution in [1.29, 1.82) is 5.26 Å². The number of rotatable bonds is 3. The quantitative estimate of drug-likeness (QED) is 0.805. The van der Waals surface area contributed by atoms with E-state index in [1.807, 2.05) is 6.07 Å². The molecule has 0 aliphatic carbocycles. The van der Waals surface area contributed by atoms with E-state index < -0.39 is 17.3 Å². The molecule has 2 aromatic rings. The van der Waals surface area contributed by atoms with Crippen molar-refractivity contribution >= 4 is 11.8 Å². The van der Waals surface area contributed by atoms with Gasteiger partial charge in [-0.25, -0.2) is 4.98 Å². The van der Waals surface area contributed by atoms with Gasteiger partial charge in [0.1, 0.15) is 11.1 Å². The Balaban J connectivity index is 2.35. The fourth-order valence-corrected chi connectivity index (χ4v) is 2.70. The molecule has 0 saturated carbocycles. The molecule has 2 heterocycles. The van der Waals surface area contributed by atoms with Crippen molar-refractivity contribution < 1.29 is 13.2 Å². The van der Waals surface area contributed by atoms with E-state index >= 15 is 0 Å². The number of aromatic nitrogens is 2. The second kappa shape index (κ2) is 6.14. The Hall–Kier alpha value is -2.07. The van der Waals surface area contributed by atoms with Crippen LogP contribution in [0.2, 0.25) is 0 Å². The lowest BCUT2D eigenvalue weighted by atomic mass is 10.1. The highest BCUT2D eigenvalue weighted by atomic mass is 32.2. The molecule has 0 saturated heterocycles. The predicted molar refractivity (Wildman–Crippen MR) is 72.5 cm³/mol. The van der Waals surface area contributed by atoms with Crippen molar-refractivity contribution in [3.05, 3.63) is 53.0 Å². The fourth-order valence-electron chi connectivity index (χ4n) is 1.72. The summed E-state index contributed by atoms with van der Waals surface area (Å²) in [5.41, 5.74) is -0.286. The van der Waals surface area contributed by atoms with Crippen LogP contribution in [0.3, 0.4) is 0 Å². The molecule has 2 rings (SSSR count). The van der Waals surface area contributed by atoms with E-state index in [9.17, 15) is 13.2 Å². The lowest BCUT2D eigenvalue weighted by molar-refractivity contribution is -0.138. The van der Waals surface area contributed by atoms with Crippen LogP contribution in [-0.2, 0) is 11.9 Å². The molecule has 0 bridgehead atoms. The maximum atomic E-state index is 13.0. The van der Waals surface area contributed by atoms with Gasteiger partial charge in [-0.3, -0.25) is 4.98 Å². The zero-order valence-corrected chi connectivity index (χ0v) is 11.8. The first kappa shape index (κ1) is 15.3. The van der Waals surface area contributed by atoms with E-state index in [0.717, 1.165) is 23.4 Å². The molecular formula is C14H10F3N3S. The van der Waals surface area contributed by atoms with Crippen LogP contribution in [-0.4, -0.2) is 9.97 Å². The number of aryl methyl sites for hydroxylation is 1. The van der Waals surface area contributed by atoms with Gasteiger partial charge in [-0.1, -0.05) is 6.07 Å². The van der Waals surface area contributed by atoms with Crippen LogP contribution in [0.15, 0.2) is 35.6 Å². The summed E-state index contributed by atoms with van der Waals surface area (Å²) in [6, 6.07) is 6.06. The fraction of sp³-hybridized carbons (Fsp3) is 0.214. The van der Waals surface area contributed by atoms with E-state index in [4.69, 9.17) is 5.26 Å². The van der Waals surface area contributed by atoms with Crippen LogP contribution in [0.1, 0.15) is 22.4 Å². The average Bonchev–Trinajstić information content (AvgIpc) is 2.44. The van der Waals surface area contributed by atoms with Gasteiger partial charge in [0.05, 0.1) is 11.1 Å². The largest absolute Gasteiger partial charge is 0.417 e. The van der Waals surface area contributed by atoms with E-state index in [1.54, 1.807) is 24.5 Å². The van der Waals surface area contributed by atoms with Crippen LogP contribution >= 0.6 is 11.8 Å². The maximum absolute atomic E-state index is 13.0. The van der Waals surface area contributed by atoms with E-state index in [-0.39, 0.29) is 10.7 Å². The van der Waals surface area contributed by atoms with Gasteiger partial charge in [0.15, 0.2) is 0 Å². The van der Waals surface area contributed by atoms with Gasteiger partial charge in [0, 0.05) is 23.8 Å². The standard InChI is InChI=1S/C14H10F3N3S/c1-9-5-12(14(15,16)17)11(6-18)13(20-9)21-8-10-3-2-4-19-7-10/h2-5,7H,8H2,1H3. The molecule has 0 aliphatic rings. The first-order valence-corrected chi connectivity index (χ1v) is 6.91. The summed E-state index contributed by atoms with van der Waals surface area (Å²) in [4.78, 5) is 7.99. The van der Waals surface area contributed by atoms with E-state index in [1.165, 1.54) is 6.92 Å². The number of halogens is 3. The van der Waals surface area contributed by atoms with Gasteiger partial charge < -0.3 is 0 Å². The molecule has 108 valence electrons. The average molecular weight is 309 g/mol. The number of pyridine rings is 2. The Morgan fingerprint density at radius 2 is 2.14 bits per heavy atom. The van der Waals surface area contributed by atoms with Crippen molar-refractivity contribution in [2.24, 2.45) is 0 Å². The third kappa shape index (κ3) is 3.73. The number of hydrogen-bond acceptors (Lipinski definition) is 4. The van der Waals surface area contributed by atoms with Crippen molar-refractivity contribution in [2.75, 3.05) is 0 Å². The Morgan fingerprint density at radius 1 is 1.38 bits per heavy atom. The van der Waals surface area contributed by atoms with Gasteiger partial charge >= 0.3 is 6.18 Å². The van der Waals surface area contributed by atoms with Crippen molar-refractivity contribution in [1.82, 2.24) is 9.97 Å². The first-order valence-electron chi connectivity index (χ1n) is 5.92. The van der Waals surface area contributed by atoms with Gasteiger partial charge in [-0.2, -0.15) is 18.4 Å². The second-order valence-electron chi connectivity index (χ2n) is 4.25. The van der Waals surface area contributed by atoms with Crippen LogP contribution in [0.5, 0.6) is 0 Å². The monoisotopic (exact) mass is 309 g/mol. The summed E-state index contributed by atoms with van der Waals surface area (Å²) in [7, 11) is 0. The molecule has 0 aromatic carbocycles. The van der Waals surface area contributed by atoms with Crippen molar-refractivity contribution in [2.45, 2.75) is 23.9 Å². The summed E-state index contributed by atoms with van der Waals surface area (Å²) >= 11 is 1.10. The summed E-state index contributed by atoms with van der Waals surface area (Å²) < 4.78 is 38.9. The second-order valence-corrected chi connectivity index (χ2v) is 5.21. The molecule has 0 atom stereocenters. The van der Waals surface area contributed by atoms with Crippen LogP contribution < -0.4 is 0 Å². The van der Waals surface area contributed by atoms with Gasteiger partial charge in [-0.05, 0) is 24.6 Å². The first-order chi connectivity index (χ1) is 9.91. The summed E-state index contributed by atoms with van der Waals surface area (Å²) in [5.74, 6) is 0.399. The lowest BCUT2D eigenvalue weighted by Crippen LogP contribution is -2.10. The third-order valence-electron chi connectivity index (χ3n) is 2.63. The Labute approximate surface area is 123 Å². The SMILES string of the molecule is Cc1cc(C(F)(F)F)c(C#N)c(SCc2cccnc2)n1. The molecule has 0 spiro atoms. The highest BCUT2D eigenvalue weighted by Crippen LogP contribution is 2.36. The van der Waals surface area contributed by atoms with Crippen molar-refractivity contribution in [3.63, 3.8) is 0 Å². The number of thioether (sulfide) groups is 1. The Kier molecular flexibility index (Phi) is 4.48. The molecule has 0 N–H and O–H groups in total. The number of nitrogens with zero attached hydrogens (tertiary/aromatic N) is 3. The highest BCUT2D eigenvalue weighted by Gasteiger charge is 2.35. The smallest absolute Gasteiger partial charge is 0.264 e. The van der Waals surface area contributed by atoms with Crippen LogP contribution in [0, 0.1) is 18.3 Å². The van der Waals surface area contributed by atoms with Gasteiger partial charge in [0.25, 0.3) is 0 Å². The summed E-state index contributed by atoms with van der Waals surface area (Å²) in [6.07, 6.45) is -1.33. The Morgan fingerprint density at radius 3 is 2.71 bits per heavy atom. The Bertz CT molecular complexity index is 678. The summed E-state index contributed by atoms with van der Waals surface area (Å²) in [5, 5.41) is 9.13. The number of alkyl halides is 3. The van der Waals surface area contributed by atoms with Crippen LogP contribution in [0.25, 0.3) is 0 Å². The molecule has 7 heteroatoms. The van der Waals surface area contributed by atoms with E-state index in [0.29, 0.717) is 5.75 Å². The molecular weight excluding hydrogens is 299 g/mol. The normalized spacial score (nSPS) is 11.2. The molecule has 0 radical (unpaired) electrons. The lowest BCUT2D eigenvalue weighted by Gasteiger charge is -2.12. The highest BCUT2D eigenvalue weighted by molar-refractivity contribution is 7.98. The van der Waals surface area contributed by atoms with Gasteiger partial charge in [-0.15, -0.1) is 11.8 Å². The molecule has 3 nitrogen and oxygen atoms in total. The summed E-state index contributed by atoms with van der Waals surface area (Å²) in [6.45, 7) is 1.48. The molecule has 0 unspecified atom stereocenters. The van der Waals surface area contributed by atoms with Crippen LogP contribution in [0.4, 0.5) is 13.2 Å². The minimum Gasteiger partial charge on any atom is -0.264 e. The van der Waals surface area contributed by atoms with Gasteiger partial charge in [0.2, 0.25) is 0 Å².